The number of ether oxygens (including phenoxy) is 2. The highest BCUT2D eigenvalue weighted by atomic mass is 35.5. The van der Waals surface area contributed by atoms with Crippen LogP contribution >= 0.6 is 11.6 Å². The Kier molecular flexibility index (Phi) is 5.75. The summed E-state index contributed by atoms with van der Waals surface area (Å²) in [5, 5.41) is 0.627. The maximum absolute atomic E-state index is 12.7. The van der Waals surface area contributed by atoms with E-state index in [1.807, 2.05) is 12.1 Å². The van der Waals surface area contributed by atoms with Crippen LogP contribution in [-0.4, -0.2) is 35.2 Å². The van der Waals surface area contributed by atoms with Gasteiger partial charge in [0.25, 0.3) is 0 Å². The van der Waals surface area contributed by atoms with Gasteiger partial charge in [-0.05, 0) is 58.2 Å². The third kappa shape index (κ3) is 4.41. The van der Waals surface area contributed by atoms with Gasteiger partial charge in [-0.25, -0.2) is 9.59 Å². The van der Waals surface area contributed by atoms with Crippen LogP contribution in [0.3, 0.4) is 0 Å². The minimum atomic E-state index is -0.635. The SMILES string of the molecule is CCOC(=O)C1CCC(c2ccc(Cl)cc2)N1C(=O)OC(C)(C)C. The van der Waals surface area contributed by atoms with E-state index in [-0.39, 0.29) is 18.6 Å². The van der Waals surface area contributed by atoms with Crippen molar-refractivity contribution >= 4 is 23.7 Å². The summed E-state index contributed by atoms with van der Waals surface area (Å²) in [6.45, 7) is 7.44. The fourth-order valence-electron chi connectivity index (χ4n) is 2.86. The average Bonchev–Trinajstić information content (AvgIpc) is 2.91. The quantitative estimate of drug-likeness (QED) is 0.758. The minimum absolute atomic E-state index is 0.230. The Labute approximate surface area is 147 Å². The van der Waals surface area contributed by atoms with E-state index in [1.54, 1.807) is 39.8 Å². The Morgan fingerprint density at radius 2 is 1.83 bits per heavy atom. The number of likely N-dealkylation sites (tertiary alicyclic amines) is 1. The molecule has 24 heavy (non-hydrogen) atoms. The molecule has 1 fully saturated rings. The molecule has 132 valence electrons. The molecule has 2 rings (SSSR count). The zero-order valence-corrected chi connectivity index (χ0v) is 15.3. The maximum atomic E-state index is 12.7. The Morgan fingerprint density at radius 1 is 1.21 bits per heavy atom. The summed E-state index contributed by atoms with van der Waals surface area (Å²) in [6, 6.07) is 6.45. The van der Waals surface area contributed by atoms with Crippen molar-refractivity contribution in [2.45, 2.75) is 58.2 Å². The second-order valence-electron chi connectivity index (χ2n) is 6.80. The fourth-order valence-corrected chi connectivity index (χ4v) is 2.99. The molecule has 1 aliphatic rings. The normalized spacial score (nSPS) is 20.8. The Morgan fingerprint density at radius 3 is 2.38 bits per heavy atom. The number of benzene rings is 1. The molecule has 0 saturated carbocycles. The predicted octanol–water partition coefficient (Wildman–Crippen LogP) is 4.34. The van der Waals surface area contributed by atoms with Crippen LogP contribution in [-0.2, 0) is 14.3 Å². The molecule has 2 unspecified atom stereocenters. The number of nitrogens with zero attached hydrogens (tertiary/aromatic N) is 1. The summed E-state index contributed by atoms with van der Waals surface area (Å²) in [7, 11) is 0. The van der Waals surface area contributed by atoms with Crippen molar-refractivity contribution in [3.63, 3.8) is 0 Å². The largest absolute Gasteiger partial charge is 0.464 e. The van der Waals surface area contributed by atoms with E-state index in [9.17, 15) is 9.59 Å². The molecule has 1 heterocycles. The third-order valence-corrected chi connectivity index (χ3v) is 4.05. The standard InChI is InChI=1S/C18H24ClNO4/c1-5-23-16(21)15-11-10-14(12-6-8-13(19)9-7-12)20(15)17(22)24-18(2,3)4/h6-9,14-15H,5,10-11H2,1-4H3. The monoisotopic (exact) mass is 353 g/mol. The number of rotatable bonds is 3. The third-order valence-electron chi connectivity index (χ3n) is 3.80. The molecule has 0 radical (unpaired) electrons. The van der Waals surface area contributed by atoms with E-state index < -0.39 is 17.7 Å². The van der Waals surface area contributed by atoms with Gasteiger partial charge in [0, 0.05) is 5.02 Å². The van der Waals surface area contributed by atoms with Gasteiger partial charge in [-0.1, -0.05) is 23.7 Å². The van der Waals surface area contributed by atoms with Crippen LogP contribution in [0.15, 0.2) is 24.3 Å². The van der Waals surface area contributed by atoms with Gasteiger partial charge >= 0.3 is 12.1 Å². The molecule has 1 saturated heterocycles. The molecule has 0 bridgehead atoms. The Bertz CT molecular complexity index is 594. The molecular formula is C18H24ClNO4. The lowest BCUT2D eigenvalue weighted by molar-refractivity contribution is -0.148. The van der Waals surface area contributed by atoms with Crippen LogP contribution in [0.5, 0.6) is 0 Å². The second kappa shape index (κ2) is 7.43. The number of amides is 1. The second-order valence-corrected chi connectivity index (χ2v) is 7.24. The summed E-state index contributed by atoms with van der Waals surface area (Å²) in [5.74, 6) is -0.389. The van der Waals surface area contributed by atoms with E-state index in [1.165, 1.54) is 4.90 Å². The number of halogens is 1. The predicted molar refractivity (Wildman–Crippen MR) is 91.9 cm³/mol. The molecule has 1 aromatic carbocycles. The van der Waals surface area contributed by atoms with Crippen molar-refractivity contribution in [2.24, 2.45) is 0 Å². The minimum Gasteiger partial charge on any atom is -0.464 e. The molecule has 0 spiro atoms. The number of hydrogen-bond donors (Lipinski definition) is 0. The van der Waals surface area contributed by atoms with E-state index in [0.717, 1.165) is 5.56 Å². The first-order valence-electron chi connectivity index (χ1n) is 8.16. The maximum Gasteiger partial charge on any atom is 0.411 e. The first-order valence-corrected chi connectivity index (χ1v) is 8.54. The van der Waals surface area contributed by atoms with Gasteiger partial charge in [-0.2, -0.15) is 0 Å². The lowest BCUT2D eigenvalue weighted by Crippen LogP contribution is -2.45. The highest BCUT2D eigenvalue weighted by molar-refractivity contribution is 6.30. The van der Waals surface area contributed by atoms with E-state index >= 15 is 0 Å². The number of carbonyl (C=O) groups excluding carboxylic acids is 2. The molecule has 0 N–H and O–H groups in total. The average molecular weight is 354 g/mol. The number of esters is 1. The number of carbonyl (C=O) groups is 2. The molecule has 6 heteroatoms. The smallest absolute Gasteiger partial charge is 0.411 e. The van der Waals surface area contributed by atoms with Gasteiger partial charge in [0.05, 0.1) is 12.6 Å². The highest BCUT2D eigenvalue weighted by Crippen LogP contribution is 2.38. The summed E-state index contributed by atoms with van der Waals surface area (Å²) in [4.78, 5) is 26.5. The Balaban J connectivity index is 2.30. The van der Waals surface area contributed by atoms with Crippen molar-refractivity contribution in [2.75, 3.05) is 6.61 Å². The molecule has 1 aliphatic heterocycles. The number of hydrogen-bond acceptors (Lipinski definition) is 4. The summed E-state index contributed by atoms with van der Waals surface area (Å²) in [5.41, 5.74) is 0.292. The zero-order valence-electron chi connectivity index (χ0n) is 14.5. The summed E-state index contributed by atoms with van der Waals surface area (Å²) < 4.78 is 10.6. The topological polar surface area (TPSA) is 55.8 Å². The Hall–Kier alpha value is -1.75. The van der Waals surface area contributed by atoms with E-state index in [0.29, 0.717) is 17.9 Å². The molecule has 2 atom stereocenters. The first-order chi connectivity index (χ1) is 11.2. The van der Waals surface area contributed by atoms with Crippen LogP contribution in [0.4, 0.5) is 4.79 Å². The van der Waals surface area contributed by atoms with Crippen LogP contribution in [0.25, 0.3) is 0 Å². The lowest BCUT2D eigenvalue weighted by atomic mass is 10.1. The van der Waals surface area contributed by atoms with Gasteiger partial charge in [0.15, 0.2) is 0 Å². The molecule has 1 aromatic rings. The molecule has 1 amide bonds. The summed E-state index contributed by atoms with van der Waals surface area (Å²) in [6.07, 6.45) is 0.716. The van der Waals surface area contributed by atoms with E-state index in [4.69, 9.17) is 21.1 Å². The molecule has 0 aliphatic carbocycles. The van der Waals surface area contributed by atoms with Gasteiger partial charge in [0.1, 0.15) is 11.6 Å². The van der Waals surface area contributed by atoms with Crippen molar-refractivity contribution in [3.8, 4) is 0 Å². The van der Waals surface area contributed by atoms with E-state index in [2.05, 4.69) is 0 Å². The highest BCUT2D eigenvalue weighted by Gasteiger charge is 2.44. The van der Waals surface area contributed by atoms with Crippen LogP contribution in [0.1, 0.15) is 52.1 Å². The van der Waals surface area contributed by atoms with Crippen LogP contribution < -0.4 is 0 Å². The van der Waals surface area contributed by atoms with Crippen LogP contribution in [0.2, 0.25) is 5.02 Å². The van der Waals surface area contributed by atoms with Gasteiger partial charge in [-0.3, -0.25) is 4.90 Å². The lowest BCUT2D eigenvalue weighted by Gasteiger charge is -2.32. The molecule has 5 nitrogen and oxygen atoms in total. The van der Waals surface area contributed by atoms with Crippen molar-refractivity contribution in [1.29, 1.82) is 0 Å². The van der Waals surface area contributed by atoms with Gasteiger partial charge < -0.3 is 9.47 Å². The van der Waals surface area contributed by atoms with Gasteiger partial charge in [-0.15, -0.1) is 0 Å². The summed E-state index contributed by atoms with van der Waals surface area (Å²) >= 11 is 5.95. The fraction of sp³-hybridized carbons (Fsp3) is 0.556. The van der Waals surface area contributed by atoms with Crippen molar-refractivity contribution < 1.29 is 19.1 Å². The van der Waals surface area contributed by atoms with Gasteiger partial charge in [0.2, 0.25) is 0 Å². The molecular weight excluding hydrogens is 330 g/mol. The zero-order chi connectivity index (χ0) is 17.9. The first kappa shape index (κ1) is 18.6. The van der Waals surface area contributed by atoms with Crippen LogP contribution in [0, 0.1) is 0 Å². The van der Waals surface area contributed by atoms with Crippen molar-refractivity contribution in [1.82, 2.24) is 4.90 Å². The van der Waals surface area contributed by atoms with Crippen molar-refractivity contribution in [3.05, 3.63) is 34.9 Å². The molecule has 0 aromatic heterocycles.